The molecule has 0 fully saturated rings. The monoisotopic (exact) mass is 311 g/mol. The summed E-state index contributed by atoms with van der Waals surface area (Å²) < 4.78 is 0. The maximum atomic E-state index is 11.9. The second-order valence-electron chi connectivity index (χ2n) is 5.31. The first-order chi connectivity index (χ1) is 9.56. The third-order valence-electron chi connectivity index (χ3n) is 2.97. The lowest BCUT2D eigenvalue weighted by atomic mass is 10.0. The van der Waals surface area contributed by atoms with E-state index in [1.54, 1.807) is 0 Å². The quantitative estimate of drug-likeness (QED) is 0.793. The van der Waals surface area contributed by atoms with Gasteiger partial charge in [0.2, 0.25) is 0 Å². The summed E-state index contributed by atoms with van der Waals surface area (Å²) in [7, 11) is 0. The van der Waals surface area contributed by atoms with Gasteiger partial charge in [0, 0.05) is 11.6 Å². The van der Waals surface area contributed by atoms with Crippen LogP contribution in [0, 0.1) is 5.92 Å². The maximum Gasteiger partial charge on any atom is 0.251 e. The normalized spacial score (nSPS) is 11.1. The van der Waals surface area contributed by atoms with E-state index in [1.807, 2.05) is 49.5 Å². The van der Waals surface area contributed by atoms with E-state index in [-0.39, 0.29) is 11.9 Å². The molecule has 0 saturated heterocycles. The van der Waals surface area contributed by atoms with Crippen LogP contribution in [0.5, 0.6) is 0 Å². The zero-order valence-electron chi connectivity index (χ0n) is 12.8. The molecule has 2 nitrogen and oxygen atoms in total. The lowest BCUT2D eigenvalue weighted by molar-refractivity contribution is 0.0943. The third kappa shape index (κ3) is 6.23. The van der Waals surface area contributed by atoms with Crippen molar-refractivity contribution in [2.45, 2.75) is 26.3 Å². The number of amides is 1. The lowest BCUT2D eigenvalue weighted by Gasteiger charge is -2.15. The van der Waals surface area contributed by atoms with Crippen LogP contribution in [0.15, 0.2) is 24.3 Å². The molecule has 0 radical (unpaired) electrons. The Balaban J connectivity index is 2.63. The van der Waals surface area contributed by atoms with Crippen LogP contribution >= 0.6 is 23.5 Å². The molecule has 0 atom stereocenters. The molecule has 1 aromatic rings. The molecule has 112 valence electrons. The fraction of sp³-hybridized carbons (Fsp3) is 0.562. The molecule has 1 N–H and O–H groups in total. The van der Waals surface area contributed by atoms with Crippen molar-refractivity contribution in [3.05, 3.63) is 35.4 Å². The molecule has 0 spiro atoms. The average molecular weight is 312 g/mol. The summed E-state index contributed by atoms with van der Waals surface area (Å²) in [5.74, 6) is 3.10. The van der Waals surface area contributed by atoms with Crippen molar-refractivity contribution in [2.75, 3.05) is 24.0 Å². The van der Waals surface area contributed by atoms with Crippen LogP contribution in [0.25, 0.3) is 0 Å². The van der Waals surface area contributed by atoms with Gasteiger partial charge in [-0.2, -0.15) is 23.5 Å². The zero-order chi connectivity index (χ0) is 15.0. The Morgan fingerprint density at radius 3 is 2.10 bits per heavy atom. The Morgan fingerprint density at radius 2 is 1.65 bits per heavy atom. The van der Waals surface area contributed by atoms with Crippen LogP contribution in [-0.2, 0) is 6.42 Å². The largest absolute Gasteiger partial charge is 0.350 e. The molecule has 0 aliphatic carbocycles. The molecule has 1 aromatic carbocycles. The van der Waals surface area contributed by atoms with Crippen LogP contribution in [0.2, 0.25) is 0 Å². The second kappa shape index (κ2) is 9.35. The van der Waals surface area contributed by atoms with Crippen LogP contribution in [0.3, 0.4) is 0 Å². The molecule has 1 rings (SSSR count). The Hall–Kier alpha value is -0.610. The smallest absolute Gasteiger partial charge is 0.251 e. The predicted molar refractivity (Wildman–Crippen MR) is 93.0 cm³/mol. The molecule has 1 amide bonds. The van der Waals surface area contributed by atoms with Crippen molar-refractivity contribution in [1.29, 1.82) is 0 Å². The molecule has 0 saturated carbocycles. The van der Waals surface area contributed by atoms with Crippen molar-refractivity contribution < 1.29 is 4.79 Å². The van der Waals surface area contributed by atoms with Gasteiger partial charge in [0.05, 0.1) is 0 Å². The zero-order valence-corrected chi connectivity index (χ0v) is 14.4. The Morgan fingerprint density at radius 1 is 1.10 bits per heavy atom. The van der Waals surface area contributed by atoms with E-state index in [4.69, 9.17) is 0 Å². The second-order valence-corrected chi connectivity index (χ2v) is 7.13. The third-order valence-corrected chi connectivity index (χ3v) is 4.57. The number of carbonyl (C=O) groups is 1. The molecule has 0 aromatic heterocycles. The highest BCUT2D eigenvalue weighted by Crippen LogP contribution is 2.17. The number of benzene rings is 1. The first-order valence-corrected chi connectivity index (χ1v) is 9.73. The van der Waals surface area contributed by atoms with E-state index < -0.39 is 0 Å². The SMILES string of the molecule is CSCC(CSC)Cc1ccc(C(=O)NC(C)C)cc1. The number of carbonyl (C=O) groups excluding carboxylic acids is 1. The Bertz CT molecular complexity index is 397. The highest BCUT2D eigenvalue weighted by atomic mass is 32.2. The number of hydrogen-bond acceptors (Lipinski definition) is 3. The first kappa shape index (κ1) is 17.4. The van der Waals surface area contributed by atoms with Gasteiger partial charge in [0.25, 0.3) is 5.91 Å². The standard InChI is InChI=1S/C16H25NOS2/c1-12(2)17-16(18)15-7-5-13(6-8-15)9-14(10-19-3)11-20-4/h5-8,12,14H,9-11H2,1-4H3,(H,17,18). The van der Waals surface area contributed by atoms with Crippen LogP contribution in [0.1, 0.15) is 29.8 Å². The fourth-order valence-corrected chi connectivity index (χ4v) is 3.67. The lowest BCUT2D eigenvalue weighted by Crippen LogP contribution is -2.30. The van der Waals surface area contributed by atoms with Gasteiger partial charge in [-0.3, -0.25) is 4.79 Å². The minimum absolute atomic E-state index is 0.0105. The van der Waals surface area contributed by atoms with Gasteiger partial charge in [-0.15, -0.1) is 0 Å². The number of nitrogens with one attached hydrogen (secondary N) is 1. The van der Waals surface area contributed by atoms with Gasteiger partial charge >= 0.3 is 0 Å². The molecule has 20 heavy (non-hydrogen) atoms. The topological polar surface area (TPSA) is 29.1 Å². The highest BCUT2D eigenvalue weighted by Gasteiger charge is 2.10. The average Bonchev–Trinajstić information content (AvgIpc) is 2.39. The molecule has 0 aliphatic heterocycles. The van der Waals surface area contributed by atoms with Gasteiger partial charge in [-0.1, -0.05) is 12.1 Å². The molecule has 0 unspecified atom stereocenters. The van der Waals surface area contributed by atoms with Crippen molar-refractivity contribution in [2.24, 2.45) is 5.92 Å². The van der Waals surface area contributed by atoms with Crippen molar-refractivity contribution >= 4 is 29.4 Å². The molecule has 0 heterocycles. The van der Waals surface area contributed by atoms with Gasteiger partial charge in [-0.05, 0) is 67.9 Å². The Labute approximate surface area is 131 Å². The number of rotatable bonds is 8. The summed E-state index contributed by atoms with van der Waals surface area (Å²) in [6.07, 6.45) is 5.41. The van der Waals surface area contributed by atoms with Gasteiger partial charge < -0.3 is 5.32 Å². The first-order valence-electron chi connectivity index (χ1n) is 6.94. The molecule has 4 heteroatoms. The van der Waals surface area contributed by atoms with Gasteiger partial charge in [0.1, 0.15) is 0 Å². The Kier molecular flexibility index (Phi) is 8.15. The summed E-state index contributed by atoms with van der Waals surface area (Å²) in [4.78, 5) is 11.9. The van der Waals surface area contributed by atoms with Crippen LogP contribution < -0.4 is 5.32 Å². The summed E-state index contributed by atoms with van der Waals surface area (Å²) in [5.41, 5.74) is 2.06. The van der Waals surface area contributed by atoms with Crippen molar-refractivity contribution in [3.8, 4) is 0 Å². The van der Waals surface area contributed by atoms with Crippen molar-refractivity contribution in [3.63, 3.8) is 0 Å². The van der Waals surface area contributed by atoms with E-state index in [0.717, 1.165) is 12.0 Å². The predicted octanol–water partition coefficient (Wildman–Crippen LogP) is 3.71. The van der Waals surface area contributed by atoms with Gasteiger partial charge in [0.15, 0.2) is 0 Å². The molecular formula is C16H25NOS2. The van der Waals surface area contributed by atoms with Crippen molar-refractivity contribution in [1.82, 2.24) is 5.32 Å². The number of hydrogen-bond donors (Lipinski definition) is 1. The minimum Gasteiger partial charge on any atom is -0.350 e. The summed E-state index contributed by atoms with van der Waals surface area (Å²) in [6.45, 7) is 3.95. The summed E-state index contributed by atoms with van der Waals surface area (Å²) in [6, 6.07) is 8.21. The minimum atomic E-state index is 0.0105. The van der Waals surface area contributed by atoms with E-state index in [9.17, 15) is 4.79 Å². The highest BCUT2D eigenvalue weighted by molar-refractivity contribution is 7.99. The molecular weight excluding hydrogens is 286 g/mol. The maximum absolute atomic E-state index is 11.9. The van der Waals surface area contributed by atoms with E-state index in [1.165, 1.54) is 17.1 Å². The fourth-order valence-electron chi connectivity index (χ4n) is 2.11. The molecule has 0 bridgehead atoms. The van der Waals surface area contributed by atoms with Crippen LogP contribution in [-0.4, -0.2) is 36.0 Å². The van der Waals surface area contributed by atoms with E-state index in [0.29, 0.717) is 5.92 Å². The van der Waals surface area contributed by atoms with Crippen LogP contribution in [0.4, 0.5) is 0 Å². The van der Waals surface area contributed by atoms with E-state index >= 15 is 0 Å². The molecule has 0 aliphatic rings. The van der Waals surface area contributed by atoms with Gasteiger partial charge in [-0.25, -0.2) is 0 Å². The summed E-state index contributed by atoms with van der Waals surface area (Å²) in [5, 5.41) is 2.91. The van der Waals surface area contributed by atoms with E-state index in [2.05, 4.69) is 30.0 Å². The number of thioether (sulfide) groups is 2. The summed E-state index contributed by atoms with van der Waals surface area (Å²) >= 11 is 3.81.